The fourth-order valence-corrected chi connectivity index (χ4v) is 2.67. The van der Waals surface area contributed by atoms with Crippen LogP contribution in [-0.4, -0.2) is 57.4 Å². The van der Waals surface area contributed by atoms with Gasteiger partial charge in [0.15, 0.2) is 0 Å². The van der Waals surface area contributed by atoms with E-state index in [4.69, 9.17) is 4.74 Å². The van der Waals surface area contributed by atoms with E-state index in [9.17, 15) is 4.79 Å². The molecule has 0 unspecified atom stereocenters. The second-order valence-electron chi connectivity index (χ2n) is 5.54. The number of nitrogens with one attached hydrogen (secondary N) is 1. The number of methoxy groups -OCH3 is 1. The topological polar surface area (TPSA) is 44.8 Å². The van der Waals surface area contributed by atoms with E-state index < -0.39 is 0 Å². The molecule has 1 saturated heterocycles. The Kier molecular flexibility index (Phi) is 5.44. The quantitative estimate of drug-likeness (QED) is 0.860. The molecule has 1 aromatic carbocycles. The smallest absolute Gasteiger partial charge is 0.317 e. The number of hydrogen-bond donors (Lipinski definition) is 1. The van der Waals surface area contributed by atoms with Crippen LogP contribution in [0.3, 0.4) is 0 Å². The molecule has 2 rings (SSSR count). The molecular formula is C16H25N3O2. The third-order valence-corrected chi connectivity index (χ3v) is 3.72. The number of amides is 2. The minimum atomic E-state index is 0.00660. The van der Waals surface area contributed by atoms with E-state index in [0.29, 0.717) is 13.2 Å². The van der Waals surface area contributed by atoms with Crippen LogP contribution in [0.5, 0.6) is 0 Å². The molecule has 2 amide bonds. The predicted octanol–water partition coefficient (Wildman–Crippen LogP) is 1.78. The Morgan fingerprint density at radius 2 is 1.76 bits per heavy atom. The van der Waals surface area contributed by atoms with E-state index in [0.717, 1.165) is 26.2 Å². The maximum atomic E-state index is 12.0. The summed E-state index contributed by atoms with van der Waals surface area (Å²) in [5, 5.41) is 2.87. The van der Waals surface area contributed by atoms with Gasteiger partial charge in [-0.15, -0.1) is 0 Å². The van der Waals surface area contributed by atoms with Gasteiger partial charge in [0.2, 0.25) is 0 Å². The zero-order valence-electron chi connectivity index (χ0n) is 13.2. The Balaban J connectivity index is 1.86. The van der Waals surface area contributed by atoms with E-state index in [1.165, 1.54) is 16.8 Å². The van der Waals surface area contributed by atoms with Crippen molar-refractivity contribution in [2.24, 2.45) is 0 Å². The molecule has 0 aliphatic carbocycles. The number of urea groups is 1. The van der Waals surface area contributed by atoms with Crippen molar-refractivity contribution in [3.63, 3.8) is 0 Å². The molecule has 1 aliphatic rings. The van der Waals surface area contributed by atoms with Gasteiger partial charge in [-0.2, -0.15) is 0 Å². The Morgan fingerprint density at radius 1 is 1.14 bits per heavy atom. The minimum Gasteiger partial charge on any atom is -0.383 e. The zero-order chi connectivity index (χ0) is 15.2. The van der Waals surface area contributed by atoms with Gasteiger partial charge in [0.25, 0.3) is 0 Å². The molecule has 21 heavy (non-hydrogen) atoms. The van der Waals surface area contributed by atoms with Gasteiger partial charge in [-0.1, -0.05) is 6.07 Å². The number of benzene rings is 1. The molecule has 0 radical (unpaired) electrons. The Bertz CT molecular complexity index is 462. The third kappa shape index (κ3) is 4.36. The average molecular weight is 291 g/mol. The summed E-state index contributed by atoms with van der Waals surface area (Å²) in [6.45, 7) is 8.62. The average Bonchev–Trinajstić information content (AvgIpc) is 2.46. The number of piperazine rings is 1. The maximum absolute atomic E-state index is 12.0. The van der Waals surface area contributed by atoms with Crippen molar-refractivity contribution in [1.29, 1.82) is 0 Å². The molecule has 0 atom stereocenters. The van der Waals surface area contributed by atoms with Crippen LogP contribution in [0.1, 0.15) is 11.1 Å². The van der Waals surface area contributed by atoms with Gasteiger partial charge in [0.05, 0.1) is 6.61 Å². The number of hydrogen-bond acceptors (Lipinski definition) is 3. The van der Waals surface area contributed by atoms with Crippen molar-refractivity contribution < 1.29 is 9.53 Å². The molecule has 1 fully saturated rings. The first-order chi connectivity index (χ1) is 10.1. The molecule has 1 aliphatic heterocycles. The molecule has 1 aromatic rings. The van der Waals surface area contributed by atoms with Gasteiger partial charge in [-0.25, -0.2) is 4.79 Å². The lowest BCUT2D eigenvalue weighted by Crippen LogP contribution is -2.52. The lowest BCUT2D eigenvalue weighted by molar-refractivity contribution is 0.177. The molecule has 116 valence electrons. The van der Waals surface area contributed by atoms with E-state index in [1.807, 2.05) is 4.90 Å². The summed E-state index contributed by atoms with van der Waals surface area (Å²) >= 11 is 0. The SMILES string of the molecule is COCCNC(=O)N1CCN(c2cc(C)cc(C)c2)CC1. The summed E-state index contributed by atoms with van der Waals surface area (Å²) in [6, 6.07) is 6.61. The monoisotopic (exact) mass is 291 g/mol. The van der Waals surface area contributed by atoms with Gasteiger partial charge in [0, 0.05) is 45.5 Å². The van der Waals surface area contributed by atoms with Crippen molar-refractivity contribution in [3.05, 3.63) is 29.3 Å². The first-order valence-electron chi connectivity index (χ1n) is 7.45. The molecule has 1 heterocycles. The largest absolute Gasteiger partial charge is 0.383 e. The van der Waals surface area contributed by atoms with Gasteiger partial charge in [0.1, 0.15) is 0 Å². The summed E-state index contributed by atoms with van der Waals surface area (Å²) in [5.41, 5.74) is 3.82. The maximum Gasteiger partial charge on any atom is 0.317 e. The van der Waals surface area contributed by atoms with E-state index in [2.05, 4.69) is 42.3 Å². The van der Waals surface area contributed by atoms with Gasteiger partial charge in [-0.05, 0) is 37.1 Å². The summed E-state index contributed by atoms with van der Waals surface area (Å²) in [6.07, 6.45) is 0. The fraction of sp³-hybridized carbons (Fsp3) is 0.562. The van der Waals surface area contributed by atoms with E-state index in [-0.39, 0.29) is 6.03 Å². The summed E-state index contributed by atoms with van der Waals surface area (Å²) < 4.78 is 4.94. The number of ether oxygens (including phenoxy) is 1. The second kappa shape index (κ2) is 7.31. The summed E-state index contributed by atoms with van der Waals surface area (Å²) in [5.74, 6) is 0. The fourth-order valence-electron chi connectivity index (χ4n) is 2.67. The highest BCUT2D eigenvalue weighted by atomic mass is 16.5. The van der Waals surface area contributed by atoms with Crippen LogP contribution in [0.25, 0.3) is 0 Å². The van der Waals surface area contributed by atoms with Gasteiger partial charge >= 0.3 is 6.03 Å². The number of carbonyl (C=O) groups is 1. The van der Waals surface area contributed by atoms with Crippen molar-refractivity contribution in [2.75, 3.05) is 51.3 Å². The van der Waals surface area contributed by atoms with Crippen LogP contribution >= 0.6 is 0 Å². The molecule has 0 bridgehead atoms. The van der Waals surface area contributed by atoms with Crippen LogP contribution in [0, 0.1) is 13.8 Å². The number of rotatable bonds is 4. The van der Waals surface area contributed by atoms with Crippen molar-refractivity contribution >= 4 is 11.7 Å². The number of anilines is 1. The van der Waals surface area contributed by atoms with Crippen LogP contribution < -0.4 is 10.2 Å². The second-order valence-corrected chi connectivity index (χ2v) is 5.54. The van der Waals surface area contributed by atoms with E-state index >= 15 is 0 Å². The Morgan fingerprint density at radius 3 is 2.33 bits per heavy atom. The van der Waals surface area contributed by atoms with Crippen molar-refractivity contribution in [3.8, 4) is 0 Å². The molecule has 0 saturated carbocycles. The lowest BCUT2D eigenvalue weighted by atomic mass is 10.1. The number of carbonyl (C=O) groups excluding carboxylic acids is 1. The van der Waals surface area contributed by atoms with Crippen LogP contribution in [-0.2, 0) is 4.74 Å². The molecule has 0 spiro atoms. The highest BCUT2D eigenvalue weighted by Crippen LogP contribution is 2.20. The molecule has 5 heteroatoms. The number of aryl methyl sites for hydroxylation is 2. The molecular weight excluding hydrogens is 266 g/mol. The molecule has 0 aromatic heterocycles. The normalized spacial score (nSPS) is 15.2. The third-order valence-electron chi connectivity index (χ3n) is 3.72. The lowest BCUT2D eigenvalue weighted by Gasteiger charge is -2.36. The Hall–Kier alpha value is -1.75. The van der Waals surface area contributed by atoms with Gasteiger partial charge in [-0.3, -0.25) is 0 Å². The van der Waals surface area contributed by atoms with Crippen molar-refractivity contribution in [2.45, 2.75) is 13.8 Å². The summed E-state index contributed by atoms with van der Waals surface area (Å²) in [4.78, 5) is 16.2. The molecule has 1 N–H and O–H groups in total. The van der Waals surface area contributed by atoms with Gasteiger partial charge < -0.3 is 19.9 Å². The van der Waals surface area contributed by atoms with Crippen LogP contribution in [0.4, 0.5) is 10.5 Å². The Labute approximate surface area is 126 Å². The predicted molar refractivity (Wildman–Crippen MR) is 85.0 cm³/mol. The molecule has 5 nitrogen and oxygen atoms in total. The zero-order valence-corrected chi connectivity index (χ0v) is 13.2. The highest BCUT2D eigenvalue weighted by Gasteiger charge is 2.21. The van der Waals surface area contributed by atoms with Crippen molar-refractivity contribution in [1.82, 2.24) is 10.2 Å². The standard InChI is InChI=1S/C16H25N3O2/c1-13-10-14(2)12-15(11-13)18-5-7-19(8-6-18)16(20)17-4-9-21-3/h10-12H,4-9H2,1-3H3,(H,17,20). The number of nitrogens with zero attached hydrogens (tertiary/aromatic N) is 2. The first kappa shape index (κ1) is 15.6. The summed E-state index contributed by atoms with van der Waals surface area (Å²) in [7, 11) is 1.63. The minimum absolute atomic E-state index is 0.00660. The highest BCUT2D eigenvalue weighted by molar-refractivity contribution is 5.74. The first-order valence-corrected chi connectivity index (χ1v) is 7.45. The van der Waals surface area contributed by atoms with Crippen LogP contribution in [0.2, 0.25) is 0 Å². The van der Waals surface area contributed by atoms with E-state index in [1.54, 1.807) is 7.11 Å². The van der Waals surface area contributed by atoms with Crippen LogP contribution in [0.15, 0.2) is 18.2 Å².